The summed E-state index contributed by atoms with van der Waals surface area (Å²) < 4.78 is 65.7. The summed E-state index contributed by atoms with van der Waals surface area (Å²) in [6, 6.07) is 3.96. The molecule has 4 atom stereocenters. The number of halogens is 3. The van der Waals surface area contributed by atoms with E-state index < -0.39 is 72.6 Å². The largest absolute Gasteiger partial charge is 0.463 e. The minimum atomic E-state index is -4.53. The lowest BCUT2D eigenvalue weighted by atomic mass is 10.1. The van der Waals surface area contributed by atoms with Gasteiger partial charge in [0.15, 0.2) is 18.4 Å². The van der Waals surface area contributed by atoms with Gasteiger partial charge in [-0.3, -0.25) is 14.4 Å². The summed E-state index contributed by atoms with van der Waals surface area (Å²) in [5.41, 5.74) is -0.699. The Kier molecular flexibility index (Phi) is 8.92. The van der Waals surface area contributed by atoms with Crippen molar-refractivity contribution in [2.75, 3.05) is 13.7 Å². The third kappa shape index (κ3) is 7.32. The Balaban J connectivity index is 2.06. The summed E-state index contributed by atoms with van der Waals surface area (Å²) in [5, 5.41) is 4.04. The van der Waals surface area contributed by atoms with Crippen molar-refractivity contribution in [2.45, 2.75) is 51.5 Å². The molecule has 0 N–H and O–H groups in total. The first-order chi connectivity index (χ1) is 18.3. The molecule has 39 heavy (non-hydrogen) atoms. The molecule has 0 spiro atoms. The molecule has 15 heteroatoms. The third-order valence-electron chi connectivity index (χ3n) is 5.11. The molecule has 1 unspecified atom stereocenters. The minimum Gasteiger partial charge on any atom is -0.463 e. The van der Waals surface area contributed by atoms with E-state index in [9.17, 15) is 32.3 Å². The number of hydrogen-bond donors (Lipinski definition) is 0. The van der Waals surface area contributed by atoms with E-state index in [1.807, 2.05) is 0 Å². The molecule has 0 bridgehead atoms. The predicted molar refractivity (Wildman–Crippen MR) is 120 cm³/mol. The van der Waals surface area contributed by atoms with E-state index in [0.717, 1.165) is 56.8 Å². The zero-order valence-corrected chi connectivity index (χ0v) is 21.0. The highest BCUT2D eigenvalue weighted by molar-refractivity contribution is 5.85. The number of hydrogen-bond acceptors (Lipinski definition) is 11. The van der Waals surface area contributed by atoms with Gasteiger partial charge in [0.1, 0.15) is 12.7 Å². The predicted octanol–water partition coefficient (Wildman–Crippen LogP) is 1.81. The van der Waals surface area contributed by atoms with Crippen molar-refractivity contribution < 1.29 is 56.0 Å². The van der Waals surface area contributed by atoms with E-state index in [1.165, 1.54) is 0 Å². The van der Waals surface area contributed by atoms with Crippen molar-refractivity contribution in [2.24, 2.45) is 0 Å². The molecular formula is C24H22F3N3O9. The Morgan fingerprint density at radius 2 is 1.59 bits per heavy atom. The van der Waals surface area contributed by atoms with E-state index >= 15 is 0 Å². The van der Waals surface area contributed by atoms with Crippen LogP contribution in [-0.2, 0) is 44.2 Å². The third-order valence-corrected chi connectivity index (χ3v) is 5.11. The maximum absolute atomic E-state index is 12.9. The van der Waals surface area contributed by atoms with Crippen LogP contribution in [-0.4, -0.2) is 70.7 Å². The molecule has 2 heterocycles. The van der Waals surface area contributed by atoms with Gasteiger partial charge in [-0.25, -0.2) is 9.48 Å². The molecule has 1 aromatic carbocycles. The molecule has 1 aliphatic rings. The first-order valence-corrected chi connectivity index (χ1v) is 11.2. The van der Waals surface area contributed by atoms with Crippen molar-refractivity contribution in [3.05, 3.63) is 47.0 Å². The Morgan fingerprint density at radius 3 is 2.13 bits per heavy atom. The van der Waals surface area contributed by atoms with Crippen LogP contribution in [0.5, 0.6) is 0 Å². The van der Waals surface area contributed by atoms with Crippen molar-refractivity contribution in [3.63, 3.8) is 0 Å². The molecule has 1 fully saturated rings. The van der Waals surface area contributed by atoms with Crippen LogP contribution in [0.4, 0.5) is 13.2 Å². The zero-order valence-electron chi connectivity index (χ0n) is 21.0. The molecule has 12 nitrogen and oxygen atoms in total. The van der Waals surface area contributed by atoms with Crippen LogP contribution in [0, 0.1) is 11.8 Å². The maximum Gasteiger partial charge on any atom is 0.416 e. The van der Waals surface area contributed by atoms with Crippen LogP contribution in [0.1, 0.15) is 54.6 Å². The van der Waals surface area contributed by atoms with Crippen LogP contribution in [0.15, 0.2) is 24.3 Å². The maximum atomic E-state index is 12.9. The topological polar surface area (TPSA) is 145 Å². The number of nitrogens with zero attached hydrogens (tertiary/aromatic N) is 3. The number of ether oxygens (including phenoxy) is 5. The van der Waals surface area contributed by atoms with Gasteiger partial charge in [-0.05, 0) is 30.2 Å². The van der Waals surface area contributed by atoms with Crippen molar-refractivity contribution in [1.82, 2.24) is 14.8 Å². The van der Waals surface area contributed by atoms with Gasteiger partial charge in [0.2, 0.25) is 5.82 Å². The Hall–Kier alpha value is -4.45. The van der Waals surface area contributed by atoms with Crippen molar-refractivity contribution >= 4 is 23.9 Å². The first kappa shape index (κ1) is 29.1. The fourth-order valence-electron chi connectivity index (χ4n) is 3.52. The highest BCUT2D eigenvalue weighted by Gasteiger charge is 2.51. The molecule has 0 aliphatic carbocycles. The van der Waals surface area contributed by atoms with Gasteiger partial charge in [-0.2, -0.15) is 18.2 Å². The highest BCUT2D eigenvalue weighted by Crippen LogP contribution is 2.35. The first-order valence-electron chi connectivity index (χ1n) is 11.2. The molecule has 2 aromatic rings. The summed E-state index contributed by atoms with van der Waals surface area (Å²) >= 11 is 0. The number of rotatable bonds is 6. The number of esters is 4. The van der Waals surface area contributed by atoms with Gasteiger partial charge in [0, 0.05) is 26.3 Å². The minimum absolute atomic E-state index is 0.173. The van der Waals surface area contributed by atoms with E-state index in [-0.39, 0.29) is 11.4 Å². The van der Waals surface area contributed by atoms with Gasteiger partial charge < -0.3 is 23.7 Å². The molecular weight excluding hydrogens is 531 g/mol. The lowest BCUT2D eigenvalue weighted by molar-refractivity contribution is -0.166. The van der Waals surface area contributed by atoms with E-state index in [0.29, 0.717) is 0 Å². The smallest absolute Gasteiger partial charge is 0.416 e. The Labute approximate surface area is 219 Å². The second-order valence-corrected chi connectivity index (χ2v) is 8.04. The summed E-state index contributed by atoms with van der Waals surface area (Å²) in [6.45, 7) is 2.94. The highest BCUT2D eigenvalue weighted by atomic mass is 19.4. The monoisotopic (exact) mass is 553 g/mol. The Morgan fingerprint density at radius 1 is 0.974 bits per heavy atom. The van der Waals surface area contributed by atoms with E-state index in [4.69, 9.17) is 18.9 Å². The molecule has 1 aromatic heterocycles. The summed E-state index contributed by atoms with van der Waals surface area (Å²) in [5.74, 6) is 1.35. The number of carbonyl (C=O) groups is 4. The summed E-state index contributed by atoms with van der Waals surface area (Å²) in [7, 11) is 1.08. The lowest BCUT2D eigenvalue weighted by Crippen LogP contribution is -2.40. The van der Waals surface area contributed by atoms with Gasteiger partial charge in [-0.1, -0.05) is 5.92 Å². The Bertz CT molecular complexity index is 1310. The number of benzene rings is 1. The van der Waals surface area contributed by atoms with Gasteiger partial charge in [-0.15, -0.1) is 5.10 Å². The number of methoxy groups -OCH3 is 1. The van der Waals surface area contributed by atoms with Gasteiger partial charge in [0.25, 0.3) is 5.82 Å². The molecule has 1 saturated heterocycles. The summed E-state index contributed by atoms with van der Waals surface area (Å²) in [6.07, 6.45) is -9.67. The SMILES string of the molecule is COC(=O)c1nc(C#Cc2ccc(C(F)(F)F)cc2)n(C2O[C@H](COC(C)=O)[C@@H](OC(C)=O)[C@H]2OC(C)=O)n1. The standard InChI is InChI=1S/C24H22F3N3O9/c1-12(31)36-11-17-19(37-13(2)32)20(38-14(3)33)22(39-17)30-18(28-21(29-30)23(34)35-4)10-7-15-5-8-16(9-6-15)24(25,26)27/h5-6,8-9,17,19-20,22H,11H2,1-4H3/t17-,19-,20-,22?/m1/s1. The quantitative estimate of drug-likeness (QED) is 0.293. The fraction of sp³-hybridized carbons (Fsp3) is 0.417. The normalized spacial score (nSPS) is 20.4. The second kappa shape index (κ2) is 11.9. The van der Waals surface area contributed by atoms with Crippen LogP contribution in [0.2, 0.25) is 0 Å². The average molecular weight is 553 g/mol. The summed E-state index contributed by atoms with van der Waals surface area (Å²) in [4.78, 5) is 51.2. The molecule has 3 rings (SSSR count). The van der Waals surface area contributed by atoms with Gasteiger partial charge >= 0.3 is 30.1 Å². The van der Waals surface area contributed by atoms with E-state index in [2.05, 4.69) is 26.7 Å². The molecule has 0 radical (unpaired) electrons. The molecule has 0 saturated carbocycles. The number of carbonyl (C=O) groups excluding carboxylic acids is 4. The van der Waals surface area contributed by atoms with E-state index in [1.54, 1.807) is 0 Å². The molecule has 0 amide bonds. The second-order valence-electron chi connectivity index (χ2n) is 8.04. The van der Waals surface area contributed by atoms with Crippen molar-refractivity contribution in [1.29, 1.82) is 0 Å². The van der Waals surface area contributed by atoms with Gasteiger partial charge in [0.05, 0.1) is 12.7 Å². The lowest BCUT2D eigenvalue weighted by Gasteiger charge is -2.23. The van der Waals surface area contributed by atoms with Crippen LogP contribution in [0.25, 0.3) is 0 Å². The average Bonchev–Trinajstić information content (AvgIpc) is 3.41. The van der Waals surface area contributed by atoms with Crippen LogP contribution in [0.3, 0.4) is 0 Å². The molecule has 208 valence electrons. The van der Waals surface area contributed by atoms with Crippen molar-refractivity contribution in [3.8, 4) is 11.8 Å². The number of alkyl halides is 3. The number of aromatic nitrogens is 3. The van der Waals surface area contributed by atoms with Crippen LogP contribution < -0.4 is 0 Å². The zero-order chi connectivity index (χ0) is 28.9. The fourth-order valence-corrected chi connectivity index (χ4v) is 3.52. The van der Waals surface area contributed by atoms with Crippen LogP contribution >= 0.6 is 0 Å². The molecule has 1 aliphatic heterocycles.